The highest BCUT2D eigenvalue weighted by Gasteiger charge is 2.48. The van der Waals surface area contributed by atoms with Gasteiger partial charge in [-0.25, -0.2) is 0 Å². The minimum absolute atomic E-state index is 0.0307. The van der Waals surface area contributed by atoms with Crippen LogP contribution in [0, 0.1) is 23.7 Å². The number of fused-ring (bicyclic) bond motifs is 2. The third-order valence-corrected chi connectivity index (χ3v) is 25.5. The van der Waals surface area contributed by atoms with Gasteiger partial charge in [0.15, 0.2) is 0 Å². The van der Waals surface area contributed by atoms with Crippen LogP contribution in [0.3, 0.4) is 0 Å². The van der Waals surface area contributed by atoms with E-state index in [1.54, 1.807) is 116 Å². The smallest absolute Gasteiger partial charge is 0.246 e. The van der Waals surface area contributed by atoms with E-state index in [-0.39, 0.29) is 166 Å². The van der Waals surface area contributed by atoms with Gasteiger partial charge in [0, 0.05) is 50.9 Å². The molecular formula is C100H170N22O16. The fraction of sp³-hybridized carbons (Fsp3) is 0.720. The van der Waals surface area contributed by atoms with Crippen molar-refractivity contribution >= 4 is 94.5 Å². The average Bonchev–Trinajstić information content (AvgIpc) is 1.66. The highest BCUT2D eigenvalue weighted by atomic mass is 16.2. The van der Waals surface area contributed by atoms with E-state index in [9.17, 15) is 19.2 Å². The summed E-state index contributed by atoms with van der Waals surface area (Å²) < 4.78 is 0. The summed E-state index contributed by atoms with van der Waals surface area (Å²) in [6, 6.07) is -4.35. The first-order valence-corrected chi connectivity index (χ1v) is 51.2. The molecule has 0 radical (unpaired) electrons. The van der Waals surface area contributed by atoms with Crippen molar-refractivity contribution in [3.63, 3.8) is 0 Å². The third kappa shape index (κ3) is 42.0. The second-order valence-corrected chi connectivity index (χ2v) is 39.1. The Morgan fingerprint density at radius 1 is 0.333 bits per heavy atom. The highest BCUT2D eigenvalue weighted by molar-refractivity contribution is 6.01. The van der Waals surface area contributed by atoms with Gasteiger partial charge in [-0.3, -0.25) is 76.7 Å². The molecule has 0 saturated carbocycles. The van der Waals surface area contributed by atoms with Crippen LogP contribution in [0.5, 0.6) is 0 Å². The van der Waals surface area contributed by atoms with Crippen molar-refractivity contribution in [1.29, 1.82) is 0 Å². The fourth-order valence-electron chi connectivity index (χ4n) is 17.6. The van der Waals surface area contributed by atoms with Gasteiger partial charge in [-0.2, -0.15) is 0 Å². The maximum absolute atomic E-state index is 16.2. The molecule has 16 atom stereocenters. The van der Waals surface area contributed by atoms with Crippen LogP contribution in [0.15, 0.2) is 60.7 Å². The zero-order valence-electron chi connectivity index (χ0n) is 83.9. The van der Waals surface area contributed by atoms with Crippen LogP contribution in [-0.2, 0) is 89.6 Å². The molecule has 0 unspecified atom stereocenters. The molecular weight excluding hydrogens is 1770 g/mol. The molecule has 0 bridgehead atoms. The Kier molecular flexibility index (Phi) is 55.6. The normalized spacial score (nSPS) is 22.3. The molecule has 2 aromatic rings. The van der Waals surface area contributed by atoms with Gasteiger partial charge in [0.2, 0.25) is 94.5 Å². The molecule has 3 aliphatic rings. The lowest BCUT2D eigenvalue weighted by Gasteiger charge is -2.33. The van der Waals surface area contributed by atoms with E-state index in [2.05, 4.69) is 88.3 Å². The molecule has 26 N–H and O–H groups in total. The molecule has 776 valence electrons. The zero-order valence-corrected chi connectivity index (χ0v) is 83.9. The quantitative estimate of drug-likeness (QED) is 0.0423. The molecule has 16 amide bonds. The summed E-state index contributed by atoms with van der Waals surface area (Å²) in [5.41, 5.74) is 37.1. The SMILES string of the molecule is CCCCCCCC(=O)N[C@@H](CCCCN)C(=O)N[C@@H](CCCCN)C(=O)N[C@H]1C[C@H]2C(=O)N[C@@H](C(C)C)C(=O)N[C@@H](CCCN)C(=O)N[C@@H](CC(C)C)C(=O)N[C@H](Cc3ccccc3)C(=O)N3C[C@@H](NC(=O)[C@H](CCCCN)NC(=O)[C@H](CCCCN)NC(=O)CCCCCCC)C[C@H]3C(=O)N[C@@H](C(C)C)C(=O)N[C@@H](CCCN)C(=O)N[C@@H](CC(C)C)C(=O)N[C@H](Cc3ccccc3)C(=O)N2C1. The van der Waals surface area contributed by atoms with Gasteiger partial charge in [0.05, 0.1) is 0 Å². The molecule has 138 heavy (non-hydrogen) atoms. The lowest BCUT2D eigenvalue weighted by Crippen LogP contribution is -2.62. The van der Waals surface area contributed by atoms with Crippen LogP contribution in [0.2, 0.25) is 0 Å². The number of benzene rings is 2. The van der Waals surface area contributed by atoms with Gasteiger partial charge in [-0.15, -0.1) is 0 Å². The number of nitrogens with two attached hydrogens (primary N) is 6. The molecule has 0 aromatic heterocycles. The molecule has 38 heteroatoms. The zero-order chi connectivity index (χ0) is 102. The minimum atomic E-state index is -1.55. The van der Waals surface area contributed by atoms with Crippen molar-refractivity contribution in [2.24, 2.45) is 58.1 Å². The van der Waals surface area contributed by atoms with Crippen molar-refractivity contribution in [1.82, 2.24) is 84.2 Å². The van der Waals surface area contributed by atoms with Crippen LogP contribution >= 0.6 is 0 Å². The maximum Gasteiger partial charge on any atom is 0.246 e. The van der Waals surface area contributed by atoms with Gasteiger partial charge < -0.3 is 119 Å². The number of rotatable bonds is 54. The van der Waals surface area contributed by atoms with E-state index in [1.165, 1.54) is 9.80 Å². The van der Waals surface area contributed by atoms with Gasteiger partial charge in [-0.05, 0) is 215 Å². The molecule has 3 saturated heterocycles. The fourth-order valence-corrected chi connectivity index (χ4v) is 17.6. The number of amides is 16. The Balaban J connectivity index is 1.71. The standard InChI is InChI=1S/C100H170N22O16/c1-11-13-15-17-25-47-83(123)109-71(41-27-31-49-101)89(127)111-73(43-29-33-51-103)87(125)107-69-59-81-95(133)119-85(65(7)8)97(135)113-75(45-35-53-105)91(129)116-78(56-64(5)6)94(132)118-80(58-68-39-23-20-24-40-68)100(138)122-62-70(108-88(126)74(44-30-34-52-104)112-90(128)72(42-28-32-50-102)110-84(124)48-26-18-16-14-12-2)60-82(122)96(134)120-86(66(9)10)98(136)114-76(46-36-54-106)92(130)115-77(55-63(3)4)93(131)117-79(99(137)121(81)61-69)57-67-37-21-19-22-38-67/h19-24,37-40,63-66,69-82,85-86H,11-18,25-36,41-62,101-106H2,1-10H3,(H,107,125)(H,108,126)(H,109,123)(H,110,124)(H,111,127)(H,112,128)(H,113,135)(H,114,136)(H,115,130)(H,116,129)(H,117,131)(H,118,132)(H,119,133)(H,120,134)/t69-,70-,71-,72-,73-,74-,75-,76-,77-,78-,79+,80+,81-,82-,85-,86-/m0/s1. The third-order valence-electron chi connectivity index (χ3n) is 25.5. The summed E-state index contributed by atoms with van der Waals surface area (Å²) in [6.45, 7) is 18.4. The average molecular weight is 1940 g/mol. The topological polar surface area (TPSA) is 604 Å². The number of carbonyl (C=O) groups is 16. The minimum Gasteiger partial charge on any atom is -0.350 e. The van der Waals surface area contributed by atoms with Crippen molar-refractivity contribution in [2.45, 2.75) is 384 Å². The Hall–Kier alpha value is -10.3. The van der Waals surface area contributed by atoms with Crippen molar-refractivity contribution in [3.05, 3.63) is 71.8 Å². The van der Waals surface area contributed by atoms with E-state index in [1.807, 2.05) is 0 Å². The number of unbranched alkanes of at least 4 members (excludes halogenated alkanes) is 12. The first-order valence-electron chi connectivity index (χ1n) is 51.2. The number of hydrogen-bond acceptors (Lipinski definition) is 22. The first kappa shape index (κ1) is 118. The van der Waals surface area contributed by atoms with Gasteiger partial charge in [0.1, 0.15) is 84.6 Å². The molecule has 5 rings (SSSR count). The van der Waals surface area contributed by atoms with Crippen molar-refractivity contribution < 1.29 is 76.7 Å². The predicted molar refractivity (Wildman–Crippen MR) is 531 cm³/mol. The lowest BCUT2D eigenvalue weighted by atomic mass is 9.98. The van der Waals surface area contributed by atoms with Gasteiger partial charge >= 0.3 is 0 Å². The largest absolute Gasteiger partial charge is 0.350 e. The summed E-state index contributed by atoms with van der Waals surface area (Å²) in [6.07, 6.45) is 12.5. The molecule has 2 aromatic carbocycles. The van der Waals surface area contributed by atoms with Crippen LogP contribution < -0.4 is 109 Å². The molecule has 0 spiro atoms. The van der Waals surface area contributed by atoms with E-state index in [0.29, 0.717) is 88.4 Å². The lowest BCUT2D eigenvalue weighted by molar-refractivity contribution is -0.143. The molecule has 38 nitrogen and oxygen atoms in total. The summed E-state index contributed by atoms with van der Waals surface area (Å²) in [5.74, 6) is -14.1. The molecule has 3 fully saturated rings. The van der Waals surface area contributed by atoms with Crippen LogP contribution in [0.1, 0.15) is 286 Å². The van der Waals surface area contributed by atoms with E-state index < -0.39 is 191 Å². The Bertz CT molecular complexity index is 3860. The summed E-state index contributed by atoms with van der Waals surface area (Å²) in [5, 5.41) is 40.5. The Labute approximate surface area is 817 Å². The number of nitrogens with one attached hydrogen (secondary N) is 14. The maximum atomic E-state index is 16.2. The van der Waals surface area contributed by atoms with Crippen LogP contribution in [-0.4, -0.2) is 253 Å². The summed E-state index contributed by atoms with van der Waals surface area (Å²) >= 11 is 0. The van der Waals surface area contributed by atoms with Crippen LogP contribution in [0.4, 0.5) is 0 Å². The van der Waals surface area contributed by atoms with Crippen molar-refractivity contribution in [3.8, 4) is 0 Å². The highest BCUT2D eigenvalue weighted by Crippen LogP contribution is 2.27. The predicted octanol–water partition coefficient (Wildman–Crippen LogP) is 2.59. The van der Waals surface area contributed by atoms with Gasteiger partial charge in [0.25, 0.3) is 0 Å². The summed E-state index contributed by atoms with van der Waals surface area (Å²) in [4.78, 5) is 245. The second-order valence-electron chi connectivity index (χ2n) is 39.1. The molecule has 0 aliphatic carbocycles. The Morgan fingerprint density at radius 2 is 0.630 bits per heavy atom. The number of hydrogen-bond donors (Lipinski definition) is 20. The number of carbonyl (C=O) groups excluding carboxylic acids is 16. The first-order chi connectivity index (χ1) is 66.0. The molecule has 3 aliphatic heterocycles. The summed E-state index contributed by atoms with van der Waals surface area (Å²) in [7, 11) is 0. The second kappa shape index (κ2) is 64.9. The number of nitrogens with zero attached hydrogens (tertiary/aromatic N) is 2. The van der Waals surface area contributed by atoms with E-state index in [0.717, 1.165) is 51.4 Å². The van der Waals surface area contributed by atoms with Crippen molar-refractivity contribution in [2.75, 3.05) is 52.4 Å². The van der Waals surface area contributed by atoms with E-state index in [4.69, 9.17) is 34.4 Å². The Morgan fingerprint density at radius 3 is 0.935 bits per heavy atom. The molecule has 3 heterocycles. The van der Waals surface area contributed by atoms with E-state index >= 15 is 57.5 Å². The van der Waals surface area contributed by atoms with Gasteiger partial charge in [-0.1, -0.05) is 181 Å². The van der Waals surface area contributed by atoms with Crippen LogP contribution in [0.25, 0.3) is 0 Å². The monoisotopic (exact) mass is 1940 g/mol.